The van der Waals surface area contributed by atoms with Crippen molar-refractivity contribution in [1.82, 2.24) is 0 Å². The maximum atomic E-state index is 12.9. The minimum atomic E-state index is -3.93. The Hall–Kier alpha value is -3.45. The molecule has 9 nitrogen and oxygen atoms in total. The normalized spacial score (nSPS) is 11.9. The number of hydrogen-bond acceptors (Lipinski definition) is 6. The number of nitro groups is 1. The second-order valence-corrected chi connectivity index (χ2v) is 8.59. The van der Waals surface area contributed by atoms with Crippen LogP contribution in [-0.4, -0.2) is 31.5 Å². The van der Waals surface area contributed by atoms with Gasteiger partial charge in [-0.3, -0.25) is 19.2 Å². The molecule has 0 saturated carbocycles. The average molecular weight is 430 g/mol. The number of non-ortho nitro benzene ring substituents is 1. The highest BCUT2D eigenvalue weighted by Crippen LogP contribution is 2.30. The Balaban J connectivity index is 2.42. The van der Waals surface area contributed by atoms with Crippen molar-refractivity contribution in [1.29, 1.82) is 5.26 Å². The number of nitrogens with zero attached hydrogens (tertiary/aromatic N) is 3. The maximum absolute atomic E-state index is 12.9. The summed E-state index contributed by atoms with van der Waals surface area (Å²) in [6.45, 7) is 3.28. The molecule has 0 saturated heterocycles. The van der Waals surface area contributed by atoms with Gasteiger partial charge in [0.05, 0.1) is 29.4 Å². The smallest absolute Gasteiger partial charge is 0.271 e. The third-order valence-electron chi connectivity index (χ3n) is 4.48. The number of anilines is 2. The molecule has 1 amide bonds. The van der Waals surface area contributed by atoms with E-state index in [9.17, 15) is 23.3 Å². The molecular formula is C20H22N4O5S. The van der Waals surface area contributed by atoms with Gasteiger partial charge in [-0.25, -0.2) is 8.42 Å². The number of nitro benzene ring substituents is 1. The fourth-order valence-corrected chi connectivity index (χ4v) is 4.27. The van der Waals surface area contributed by atoms with E-state index in [0.717, 1.165) is 22.2 Å². The first kappa shape index (κ1) is 22.8. The first-order chi connectivity index (χ1) is 14.1. The number of benzene rings is 2. The van der Waals surface area contributed by atoms with Crippen LogP contribution < -0.4 is 9.62 Å². The zero-order valence-electron chi connectivity index (χ0n) is 16.8. The highest BCUT2D eigenvalue weighted by molar-refractivity contribution is 7.92. The molecule has 0 aliphatic carbocycles. The van der Waals surface area contributed by atoms with Crippen molar-refractivity contribution >= 4 is 33.0 Å². The van der Waals surface area contributed by atoms with Crippen molar-refractivity contribution in [3.05, 3.63) is 63.7 Å². The van der Waals surface area contributed by atoms with E-state index in [1.54, 1.807) is 38.1 Å². The molecule has 2 aromatic rings. The van der Waals surface area contributed by atoms with E-state index in [2.05, 4.69) is 5.32 Å². The second-order valence-electron chi connectivity index (χ2n) is 6.73. The summed E-state index contributed by atoms with van der Waals surface area (Å²) in [7, 11) is -3.93. The van der Waals surface area contributed by atoms with Gasteiger partial charge in [-0.2, -0.15) is 5.26 Å². The SMILES string of the molecule is CCC(C(=O)Nc1ccc(CC#N)cc1)N(c1cc([N+](=O)[O-])ccc1C)S(C)(=O)=O. The van der Waals surface area contributed by atoms with Crippen LogP contribution in [0.3, 0.4) is 0 Å². The van der Waals surface area contributed by atoms with Crippen LogP contribution in [0.25, 0.3) is 0 Å². The van der Waals surface area contributed by atoms with Gasteiger partial charge < -0.3 is 5.32 Å². The lowest BCUT2D eigenvalue weighted by molar-refractivity contribution is -0.384. The molecule has 0 heterocycles. The Kier molecular flexibility index (Phi) is 7.13. The third-order valence-corrected chi connectivity index (χ3v) is 5.64. The molecule has 2 aromatic carbocycles. The minimum absolute atomic E-state index is 0.0815. The fourth-order valence-electron chi connectivity index (χ4n) is 3.01. The van der Waals surface area contributed by atoms with Crippen LogP contribution in [-0.2, 0) is 21.2 Å². The number of carbonyl (C=O) groups is 1. The lowest BCUT2D eigenvalue weighted by atomic mass is 10.1. The summed E-state index contributed by atoms with van der Waals surface area (Å²) in [6, 6.07) is 11.4. The molecule has 10 heteroatoms. The lowest BCUT2D eigenvalue weighted by Gasteiger charge is -2.31. The Morgan fingerprint density at radius 1 is 1.27 bits per heavy atom. The number of rotatable bonds is 8. The summed E-state index contributed by atoms with van der Waals surface area (Å²) >= 11 is 0. The molecular weight excluding hydrogens is 408 g/mol. The Morgan fingerprint density at radius 3 is 2.40 bits per heavy atom. The lowest BCUT2D eigenvalue weighted by Crippen LogP contribution is -2.47. The second kappa shape index (κ2) is 9.37. The van der Waals surface area contributed by atoms with Gasteiger partial charge in [0.25, 0.3) is 5.69 Å². The largest absolute Gasteiger partial charge is 0.324 e. The summed E-state index contributed by atoms with van der Waals surface area (Å²) in [4.78, 5) is 23.5. The van der Waals surface area contributed by atoms with Crippen LogP contribution in [0.15, 0.2) is 42.5 Å². The summed E-state index contributed by atoms with van der Waals surface area (Å²) in [6.07, 6.45) is 1.34. The third kappa shape index (κ3) is 5.33. The van der Waals surface area contributed by atoms with Crippen molar-refractivity contribution in [2.75, 3.05) is 15.9 Å². The highest BCUT2D eigenvalue weighted by Gasteiger charge is 2.33. The molecule has 0 aliphatic heterocycles. The summed E-state index contributed by atoms with van der Waals surface area (Å²) in [5.74, 6) is -0.568. The van der Waals surface area contributed by atoms with Gasteiger partial charge in [-0.15, -0.1) is 0 Å². The predicted molar refractivity (Wildman–Crippen MR) is 114 cm³/mol. The number of aryl methyl sites for hydroxylation is 1. The quantitative estimate of drug-likeness (QED) is 0.505. The number of carbonyl (C=O) groups excluding carboxylic acids is 1. The van der Waals surface area contributed by atoms with E-state index in [-0.39, 0.29) is 24.2 Å². The molecule has 158 valence electrons. The van der Waals surface area contributed by atoms with E-state index in [1.165, 1.54) is 12.1 Å². The molecule has 0 aliphatic rings. The van der Waals surface area contributed by atoms with E-state index in [1.807, 2.05) is 6.07 Å². The van der Waals surface area contributed by atoms with Crippen LogP contribution in [0.5, 0.6) is 0 Å². The van der Waals surface area contributed by atoms with Crippen LogP contribution in [0, 0.1) is 28.4 Å². The van der Waals surface area contributed by atoms with E-state index >= 15 is 0 Å². The van der Waals surface area contributed by atoms with Crippen LogP contribution >= 0.6 is 0 Å². The number of nitriles is 1. The number of hydrogen-bond donors (Lipinski definition) is 1. The van der Waals surface area contributed by atoms with Crippen LogP contribution in [0.1, 0.15) is 24.5 Å². The van der Waals surface area contributed by atoms with Gasteiger partial charge in [-0.05, 0) is 36.6 Å². The topological polar surface area (TPSA) is 133 Å². The standard InChI is InChI=1S/C20H22N4O5S/c1-4-18(20(25)22-16-8-6-15(7-9-16)11-12-21)23(30(3,28)29)19-13-17(24(26)27)10-5-14(19)2/h5-10,13,18H,4,11H2,1-3H3,(H,22,25). The zero-order chi connectivity index (χ0) is 22.5. The van der Waals surface area contributed by atoms with Crippen LogP contribution in [0.2, 0.25) is 0 Å². The number of nitrogens with one attached hydrogen (secondary N) is 1. The number of sulfonamides is 1. The Morgan fingerprint density at radius 2 is 1.90 bits per heavy atom. The molecule has 1 unspecified atom stereocenters. The summed E-state index contributed by atoms with van der Waals surface area (Å²) < 4.78 is 26.1. The van der Waals surface area contributed by atoms with Crippen molar-refractivity contribution in [3.8, 4) is 6.07 Å². The fraction of sp³-hybridized carbons (Fsp3) is 0.300. The van der Waals surface area contributed by atoms with Gasteiger partial charge >= 0.3 is 0 Å². The van der Waals surface area contributed by atoms with Gasteiger partial charge in [-0.1, -0.05) is 25.1 Å². The van der Waals surface area contributed by atoms with E-state index < -0.39 is 26.9 Å². The predicted octanol–water partition coefficient (Wildman–Crippen LogP) is 3.15. The van der Waals surface area contributed by atoms with E-state index in [4.69, 9.17) is 5.26 Å². The monoisotopic (exact) mass is 430 g/mol. The summed E-state index contributed by atoms with van der Waals surface area (Å²) in [5, 5.41) is 22.6. The van der Waals surface area contributed by atoms with Crippen molar-refractivity contribution in [2.45, 2.75) is 32.7 Å². The van der Waals surface area contributed by atoms with Crippen molar-refractivity contribution in [3.63, 3.8) is 0 Å². The number of amides is 1. The van der Waals surface area contributed by atoms with Gasteiger partial charge in [0.2, 0.25) is 15.9 Å². The first-order valence-electron chi connectivity index (χ1n) is 9.09. The van der Waals surface area contributed by atoms with Gasteiger partial charge in [0, 0.05) is 17.8 Å². The first-order valence-corrected chi connectivity index (χ1v) is 10.9. The Bertz CT molecular complexity index is 1090. The molecule has 0 spiro atoms. The average Bonchev–Trinajstić information content (AvgIpc) is 2.67. The van der Waals surface area contributed by atoms with Crippen molar-refractivity contribution in [2.24, 2.45) is 0 Å². The minimum Gasteiger partial charge on any atom is -0.324 e. The highest BCUT2D eigenvalue weighted by atomic mass is 32.2. The molecule has 0 bridgehead atoms. The van der Waals surface area contributed by atoms with Gasteiger partial charge in [0.15, 0.2) is 0 Å². The molecule has 1 N–H and O–H groups in total. The molecule has 30 heavy (non-hydrogen) atoms. The summed E-state index contributed by atoms with van der Waals surface area (Å²) in [5.41, 5.74) is 1.53. The van der Waals surface area contributed by atoms with E-state index in [0.29, 0.717) is 11.3 Å². The molecule has 0 radical (unpaired) electrons. The Labute approximate surface area is 175 Å². The molecule has 0 fully saturated rings. The zero-order valence-corrected chi connectivity index (χ0v) is 17.6. The van der Waals surface area contributed by atoms with Gasteiger partial charge in [0.1, 0.15) is 6.04 Å². The molecule has 0 aromatic heterocycles. The molecule has 2 rings (SSSR count). The maximum Gasteiger partial charge on any atom is 0.271 e. The van der Waals surface area contributed by atoms with Crippen LogP contribution in [0.4, 0.5) is 17.1 Å². The van der Waals surface area contributed by atoms with Crippen molar-refractivity contribution < 1.29 is 18.1 Å². The molecule has 1 atom stereocenters.